The third kappa shape index (κ3) is 4.60. The number of hydrogen-bond donors (Lipinski definition) is 2. The number of nitrogens with zero attached hydrogens (tertiary/aromatic N) is 4. The van der Waals surface area contributed by atoms with E-state index in [-0.39, 0.29) is 12.5 Å². The van der Waals surface area contributed by atoms with Gasteiger partial charge in [-0.25, -0.2) is 0 Å². The van der Waals surface area contributed by atoms with Crippen LogP contribution in [-0.4, -0.2) is 52.0 Å². The highest BCUT2D eigenvalue weighted by Crippen LogP contribution is 2.07. The van der Waals surface area contributed by atoms with Crippen LogP contribution in [0.2, 0.25) is 0 Å². The van der Waals surface area contributed by atoms with Crippen LogP contribution in [0.15, 0.2) is 6.20 Å². The second-order valence-electron chi connectivity index (χ2n) is 4.86. The predicted octanol–water partition coefficient (Wildman–Crippen LogP) is -0.661. The summed E-state index contributed by atoms with van der Waals surface area (Å²) >= 11 is 0. The van der Waals surface area contributed by atoms with Gasteiger partial charge in [0.1, 0.15) is 5.69 Å². The molecule has 0 aromatic carbocycles. The Kier molecular flexibility index (Phi) is 5.29. The van der Waals surface area contributed by atoms with Crippen LogP contribution >= 0.6 is 0 Å². The average Bonchev–Trinajstić information content (AvgIpc) is 3.07. The Morgan fingerprint density at radius 1 is 1.37 bits per heavy atom. The van der Waals surface area contributed by atoms with Crippen molar-refractivity contribution in [2.24, 2.45) is 5.73 Å². The maximum absolute atomic E-state index is 11.0. The minimum atomic E-state index is -0.177. The lowest BCUT2D eigenvalue weighted by Gasteiger charge is -2.13. The molecule has 0 spiro atoms. The molecule has 7 nitrogen and oxygen atoms in total. The number of rotatable bonds is 7. The fourth-order valence-corrected chi connectivity index (χ4v) is 2.25. The monoisotopic (exact) mass is 266 g/mol. The number of carbonyl (C=O) groups excluding carboxylic acids is 1. The summed E-state index contributed by atoms with van der Waals surface area (Å²) in [6, 6.07) is 0. The van der Waals surface area contributed by atoms with E-state index in [9.17, 15) is 4.79 Å². The molecule has 106 valence electrons. The number of aryl methyl sites for hydroxylation is 1. The van der Waals surface area contributed by atoms with E-state index >= 15 is 0 Å². The molecule has 1 aromatic heterocycles. The average molecular weight is 266 g/mol. The van der Waals surface area contributed by atoms with Crippen molar-refractivity contribution in [1.29, 1.82) is 0 Å². The molecule has 1 fully saturated rings. The maximum Gasteiger partial charge on any atom is 0.234 e. The summed E-state index contributed by atoms with van der Waals surface area (Å²) in [4.78, 5) is 13.5. The number of nitrogens with two attached hydrogens (primary N) is 1. The van der Waals surface area contributed by atoms with Crippen LogP contribution < -0.4 is 11.1 Å². The van der Waals surface area contributed by atoms with Crippen molar-refractivity contribution < 1.29 is 4.79 Å². The van der Waals surface area contributed by atoms with Crippen molar-refractivity contribution in [2.45, 2.75) is 32.4 Å². The van der Waals surface area contributed by atoms with Crippen LogP contribution in [0.1, 0.15) is 25.0 Å². The number of likely N-dealkylation sites (tertiary alicyclic amines) is 1. The summed E-state index contributed by atoms with van der Waals surface area (Å²) < 4.78 is 1.83. The highest BCUT2D eigenvalue weighted by Gasteiger charge is 2.10. The Labute approximate surface area is 113 Å². The van der Waals surface area contributed by atoms with Gasteiger partial charge in [0.2, 0.25) is 5.91 Å². The second kappa shape index (κ2) is 7.20. The Hall–Kier alpha value is -1.47. The second-order valence-corrected chi connectivity index (χ2v) is 4.86. The highest BCUT2D eigenvalue weighted by atomic mass is 16.1. The fourth-order valence-electron chi connectivity index (χ4n) is 2.25. The van der Waals surface area contributed by atoms with Crippen LogP contribution in [0.4, 0.5) is 0 Å². The van der Waals surface area contributed by atoms with Gasteiger partial charge in [0.25, 0.3) is 0 Å². The lowest BCUT2D eigenvalue weighted by atomic mass is 10.4. The van der Waals surface area contributed by atoms with Crippen LogP contribution in [-0.2, 0) is 17.9 Å². The van der Waals surface area contributed by atoms with Gasteiger partial charge in [0.15, 0.2) is 0 Å². The Morgan fingerprint density at radius 2 is 2.16 bits per heavy atom. The third-order valence-corrected chi connectivity index (χ3v) is 3.30. The summed E-state index contributed by atoms with van der Waals surface area (Å²) in [6.07, 6.45) is 5.61. The molecule has 0 unspecified atom stereocenters. The van der Waals surface area contributed by atoms with Gasteiger partial charge in [-0.15, -0.1) is 5.10 Å². The molecule has 19 heavy (non-hydrogen) atoms. The molecule has 7 heteroatoms. The molecule has 0 bridgehead atoms. The number of amides is 1. The molecule has 2 rings (SSSR count). The summed E-state index contributed by atoms with van der Waals surface area (Å²) in [7, 11) is 0. The third-order valence-electron chi connectivity index (χ3n) is 3.30. The van der Waals surface area contributed by atoms with E-state index in [0.717, 1.165) is 25.2 Å². The van der Waals surface area contributed by atoms with Crippen molar-refractivity contribution in [1.82, 2.24) is 25.2 Å². The zero-order valence-electron chi connectivity index (χ0n) is 11.2. The van der Waals surface area contributed by atoms with Crippen molar-refractivity contribution in [2.75, 3.05) is 26.2 Å². The van der Waals surface area contributed by atoms with Crippen molar-refractivity contribution >= 4 is 5.91 Å². The molecule has 0 atom stereocenters. The number of nitrogens with one attached hydrogen (secondary N) is 1. The molecule has 1 aliphatic heterocycles. The molecule has 0 radical (unpaired) electrons. The Balaban J connectivity index is 1.66. The molecule has 0 aliphatic carbocycles. The SMILES string of the molecule is NCC(=O)NCc1cn(CCCN2CCCC2)nn1. The van der Waals surface area contributed by atoms with Crippen LogP contribution in [0.25, 0.3) is 0 Å². The first-order valence-corrected chi connectivity index (χ1v) is 6.86. The molecule has 1 amide bonds. The molecular formula is C12H22N6O. The zero-order valence-corrected chi connectivity index (χ0v) is 11.2. The smallest absolute Gasteiger partial charge is 0.234 e. The van der Waals surface area contributed by atoms with Crippen molar-refractivity contribution in [3.05, 3.63) is 11.9 Å². The maximum atomic E-state index is 11.0. The minimum Gasteiger partial charge on any atom is -0.349 e. The summed E-state index contributed by atoms with van der Waals surface area (Å²) in [5.74, 6) is -0.177. The Morgan fingerprint density at radius 3 is 2.89 bits per heavy atom. The van der Waals surface area contributed by atoms with E-state index in [2.05, 4.69) is 20.5 Å². The van der Waals surface area contributed by atoms with Gasteiger partial charge < -0.3 is 16.0 Å². The first kappa shape index (κ1) is 14.0. The van der Waals surface area contributed by atoms with E-state index in [1.54, 1.807) is 0 Å². The first-order chi connectivity index (χ1) is 9.28. The largest absolute Gasteiger partial charge is 0.349 e. The van der Waals surface area contributed by atoms with Crippen molar-refractivity contribution in [3.8, 4) is 0 Å². The summed E-state index contributed by atoms with van der Waals surface area (Å²) in [5, 5.41) is 10.7. The lowest BCUT2D eigenvalue weighted by molar-refractivity contribution is -0.119. The zero-order chi connectivity index (χ0) is 13.5. The van der Waals surface area contributed by atoms with Gasteiger partial charge in [0.05, 0.1) is 19.3 Å². The number of carbonyl (C=O) groups is 1. The molecule has 2 heterocycles. The molecule has 1 aromatic rings. The van der Waals surface area contributed by atoms with E-state index in [1.165, 1.54) is 25.9 Å². The number of hydrogen-bond acceptors (Lipinski definition) is 5. The van der Waals surface area contributed by atoms with E-state index in [1.807, 2.05) is 10.9 Å². The number of aromatic nitrogens is 3. The van der Waals surface area contributed by atoms with E-state index in [4.69, 9.17) is 5.73 Å². The van der Waals surface area contributed by atoms with Crippen LogP contribution in [0.3, 0.4) is 0 Å². The van der Waals surface area contributed by atoms with E-state index < -0.39 is 0 Å². The predicted molar refractivity (Wildman–Crippen MR) is 71.2 cm³/mol. The van der Waals surface area contributed by atoms with Gasteiger partial charge in [-0.1, -0.05) is 5.21 Å². The minimum absolute atomic E-state index is 0.00394. The topological polar surface area (TPSA) is 89.1 Å². The van der Waals surface area contributed by atoms with Gasteiger partial charge in [-0.3, -0.25) is 9.48 Å². The first-order valence-electron chi connectivity index (χ1n) is 6.86. The van der Waals surface area contributed by atoms with E-state index in [0.29, 0.717) is 6.54 Å². The van der Waals surface area contributed by atoms with Gasteiger partial charge in [-0.2, -0.15) is 0 Å². The molecule has 0 saturated carbocycles. The standard InChI is InChI=1S/C12H22N6O/c13-8-12(19)14-9-11-10-18(16-15-11)7-3-6-17-4-1-2-5-17/h10H,1-9,13H2,(H,14,19). The molecule has 3 N–H and O–H groups in total. The van der Waals surface area contributed by atoms with Crippen LogP contribution in [0.5, 0.6) is 0 Å². The normalized spacial score (nSPS) is 15.8. The summed E-state index contributed by atoms with van der Waals surface area (Å²) in [6.45, 7) is 4.85. The van der Waals surface area contributed by atoms with Gasteiger partial charge in [-0.05, 0) is 38.9 Å². The highest BCUT2D eigenvalue weighted by molar-refractivity contribution is 5.77. The molecule has 1 saturated heterocycles. The molecular weight excluding hydrogens is 244 g/mol. The quantitative estimate of drug-likeness (QED) is 0.684. The van der Waals surface area contributed by atoms with Crippen molar-refractivity contribution in [3.63, 3.8) is 0 Å². The lowest BCUT2D eigenvalue weighted by Crippen LogP contribution is -2.29. The van der Waals surface area contributed by atoms with Crippen LogP contribution in [0, 0.1) is 0 Å². The van der Waals surface area contributed by atoms with Gasteiger partial charge >= 0.3 is 0 Å². The molecule has 1 aliphatic rings. The summed E-state index contributed by atoms with van der Waals surface area (Å²) in [5.41, 5.74) is 5.98. The van der Waals surface area contributed by atoms with Gasteiger partial charge in [0, 0.05) is 6.54 Å². The fraction of sp³-hybridized carbons (Fsp3) is 0.750. The Bertz CT molecular complexity index is 399.